The Bertz CT molecular complexity index is 2180. The van der Waals surface area contributed by atoms with Crippen LogP contribution in [0.3, 0.4) is 0 Å². The third-order valence-electron chi connectivity index (χ3n) is 7.31. The smallest absolute Gasteiger partial charge is 0.287 e. The summed E-state index contributed by atoms with van der Waals surface area (Å²) >= 11 is 0. The molecule has 1 aromatic carbocycles. The van der Waals surface area contributed by atoms with Crippen molar-refractivity contribution in [2.45, 2.75) is 19.8 Å². The number of carbonyl (C=O) groups is 1. The summed E-state index contributed by atoms with van der Waals surface area (Å²) in [6.45, 7) is 3.84. The number of phenols is 2. The first kappa shape index (κ1) is 26.0. The number of aromatic nitrogens is 7. The zero-order valence-electron chi connectivity index (χ0n) is 23.2. The number of aromatic amines is 2. The first-order valence-corrected chi connectivity index (χ1v) is 13.6. The quantitative estimate of drug-likeness (QED) is 0.185. The Hall–Kier alpha value is -5.97. The highest BCUT2D eigenvalue weighted by Crippen LogP contribution is 2.39. The number of phenolic OH excluding ortho intramolecular Hbond substituents is 2. The summed E-state index contributed by atoms with van der Waals surface area (Å²) in [5.74, 6) is -1.17. The number of benzene rings is 1. The van der Waals surface area contributed by atoms with Gasteiger partial charge in [-0.05, 0) is 84.3 Å². The number of hydrogen-bond donors (Lipinski definition) is 5. The minimum Gasteiger partial charge on any atom is -0.508 e. The van der Waals surface area contributed by atoms with E-state index in [1.807, 2.05) is 80.6 Å². The molecule has 2 aliphatic heterocycles. The molecule has 0 saturated heterocycles. The summed E-state index contributed by atoms with van der Waals surface area (Å²) in [6, 6.07) is 16.4. The number of primary amides is 1. The number of carbonyl (C=O) groups excluding carboxylic acids is 1. The van der Waals surface area contributed by atoms with Crippen LogP contribution in [0.25, 0.3) is 63.4 Å². The largest absolute Gasteiger partial charge is 0.508 e. The summed E-state index contributed by atoms with van der Waals surface area (Å²) in [6.07, 6.45) is 7.56. The van der Waals surface area contributed by atoms with E-state index in [1.54, 1.807) is 6.07 Å². The molecule has 0 fully saturated rings. The summed E-state index contributed by atoms with van der Waals surface area (Å²) in [5, 5.41) is 29.9. The first-order valence-electron chi connectivity index (χ1n) is 13.6. The Balaban J connectivity index is 1.59. The van der Waals surface area contributed by atoms with Crippen LogP contribution in [0.15, 0.2) is 54.6 Å². The van der Waals surface area contributed by atoms with Gasteiger partial charge in [-0.2, -0.15) is 0 Å². The summed E-state index contributed by atoms with van der Waals surface area (Å²) in [4.78, 5) is 29.1. The molecule has 4 aromatic heterocycles. The van der Waals surface area contributed by atoms with Crippen molar-refractivity contribution in [2.24, 2.45) is 5.73 Å². The van der Waals surface area contributed by atoms with E-state index in [4.69, 9.17) is 15.7 Å². The number of H-pyrrole nitrogens is 2. The molecule has 0 spiro atoms. The molecule has 2 aliphatic rings. The van der Waals surface area contributed by atoms with Crippen LogP contribution < -0.4 is 5.73 Å². The number of fused-ring (bicyclic) bond motifs is 8. The second kappa shape index (κ2) is 9.84. The average molecular weight is 571 g/mol. The van der Waals surface area contributed by atoms with Crippen molar-refractivity contribution in [3.63, 3.8) is 0 Å². The van der Waals surface area contributed by atoms with Gasteiger partial charge in [0.05, 0.1) is 39.5 Å². The van der Waals surface area contributed by atoms with E-state index in [-0.39, 0.29) is 34.6 Å². The van der Waals surface area contributed by atoms with E-state index in [0.717, 1.165) is 27.9 Å². The second-order valence-electron chi connectivity index (χ2n) is 10.7. The van der Waals surface area contributed by atoms with Crippen molar-refractivity contribution in [3.05, 3.63) is 88.8 Å². The summed E-state index contributed by atoms with van der Waals surface area (Å²) < 4.78 is 1.49. The lowest BCUT2D eigenvalue weighted by Gasteiger charge is -2.15. The van der Waals surface area contributed by atoms with Gasteiger partial charge in [-0.1, -0.05) is 13.8 Å². The van der Waals surface area contributed by atoms with Crippen molar-refractivity contribution >= 4 is 52.3 Å². The summed E-state index contributed by atoms with van der Waals surface area (Å²) in [7, 11) is 0. The molecule has 7 rings (SSSR count). The normalized spacial score (nSPS) is 12.3. The zero-order valence-corrected chi connectivity index (χ0v) is 23.2. The molecular formula is C32H26N8O3. The number of rotatable bonds is 4. The maximum absolute atomic E-state index is 12.7. The lowest BCUT2D eigenvalue weighted by molar-refractivity contribution is 0.0988. The van der Waals surface area contributed by atoms with Crippen LogP contribution >= 0.6 is 0 Å². The number of nitrogens with one attached hydrogen (secondary N) is 2. The lowest BCUT2D eigenvalue weighted by Crippen LogP contribution is -2.18. The molecule has 0 unspecified atom stereocenters. The first-order chi connectivity index (χ1) is 20.7. The Morgan fingerprint density at radius 2 is 1.42 bits per heavy atom. The van der Waals surface area contributed by atoms with Gasteiger partial charge in [-0.3, -0.25) is 9.36 Å². The Morgan fingerprint density at radius 3 is 2.09 bits per heavy atom. The van der Waals surface area contributed by atoms with E-state index < -0.39 is 5.91 Å². The van der Waals surface area contributed by atoms with Crippen molar-refractivity contribution in [1.82, 2.24) is 34.7 Å². The number of amides is 1. The van der Waals surface area contributed by atoms with Crippen LogP contribution in [0.5, 0.6) is 11.5 Å². The van der Waals surface area contributed by atoms with Crippen LogP contribution in [0, 0.1) is 0 Å². The number of nitrogens with two attached hydrogens (primary N) is 1. The maximum atomic E-state index is 12.7. The molecule has 5 aromatic rings. The fraction of sp³-hybridized carbons (Fsp3) is 0.0938. The maximum Gasteiger partial charge on any atom is 0.287 e. The molecule has 11 nitrogen and oxygen atoms in total. The van der Waals surface area contributed by atoms with Crippen LogP contribution in [0.4, 0.5) is 0 Å². The molecule has 1 amide bonds. The van der Waals surface area contributed by atoms with Gasteiger partial charge in [0, 0.05) is 22.6 Å². The molecule has 212 valence electrons. The molecule has 0 saturated carbocycles. The van der Waals surface area contributed by atoms with Crippen molar-refractivity contribution in [2.75, 3.05) is 0 Å². The zero-order chi connectivity index (χ0) is 29.8. The van der Waals surface area contributed by atoms with Gasteiger partial charge in [0.25, 0.3) is 5.91 Å². The van der Waals surface area contributed by atoms with Gasteiger partial charge in [0.1, 0.15) is 11.5 Å². The molecule has 0 aliphatic carbocycles. The van der Waals surface area contributed by atoms with Crippen LogP contribution in [0.1, 0.15) is 58.7 Å². The second-order valence-corrected chi connectivity index (χ2v) is 10.7. The number of nitrogens with zero attached hydrogens (tertiary/aromatic N) is 5. The molecular weight excluding hydrogens is 544 g/mol. The highest BCUT2D eigenvalue weighted by Gasteiger charge is 2.26. The van der Waals surface area contributed by atoms with E-state index in [9.17, 15) is 15.0 Å². The SMILES string of the molecule is CC(C)c1cc(-c2nnc(C(N)=O)n2-c2c3nc(cc4ccc(cc5nc(cc6ccc2[nH]6)C=C5)[nH]4)C=C3)c(O)cc1O. The monoisotopic (exact) mass is 570 g/mol. The van der Waals surface area contributed by atoms with Crippen molar-refractivity contribution in [1.29, 1.82) is 0 Å². The highest BCUT2D eigenvalue weighted by atomic mass is 16.3. The number of aromatic hydroxyl groups is 2. The minimum atomic E-state index is -0.818. The van der Waals surface area contributed by atoms with Gasteiger partial charge in [-0.25, -0.2) is 9.97 Å². The van der Waals surface area contributed by atoms with Gasteiger partial charge >= 0.3 is 0 Å². The Labute approximate surface area is 244 Å². The van der Waals surface area contributed by atoms with Gasteiger partial charge in [0.2, 0.25) is 5.82 Å². The third kappa shape index (κ3) is 4.62. The van der Waals surface area contributed by atoms with Gasteiger partial charge in [-0.15, -0.1) is 10.2 Å². The Morgan fingerprint density at radius 1 is 0.791 bits per heavy atom. The van der Waals surface area contributed by atoms with Crippen LogP contribution in [-0.4, -0.2) is 50.8 Å². The highest BCUT2D eigenvalue weighted by molar-refractivity contribution is 5.93. The van der Waals surface area contributed by atoms with E-state index in [0.29, 0.717) is 28.2 Å². The topological polar surface area (TPSA) is 172 Å². The molecule has 0 radical (unpaired) electrons. The molecule has 0 atom stereocenters. The Kier molecular flexibility index (Phi) is 5.94. The fourth-order valence-corrected chi connectivity index (χ4v) is 5.29. The van der Waals surface area contributed by atoms with E-state index in [1.165, 1.54) is 10.6 Å². The lowest BCUT2D eigenvalue weighted by atomic mass is 9.98. The van der Waals surface area contributed by atoms with Crippen molar-refractivity contribution < 1.29 is 15.0 Å². The molecule has 11 heteroatoms. The summed E-state index contributed by atoms with van der Waals surface area (Å²) in [5.41, 5.74) is 13.0. The standard InChI is InChI=1S/C32H26N8O3/c1-16(2)23-14-24(28(42)15-27(23)41)31-38-39-32(30(33)43)40(31)29-25-9-7-21(36-25)12-19-5-3-17(34-19)11-18-4-6-20(35-18)13-22-8-10-26(29)37-22/h3-16,34,37,41-42H,1-2H3,(H2,33,43). The predicted molar refractivity (Wildman–Crippen MR) is 165 cm³/mol. The molecule has 8 bridgehead atoms. The van der Waals surface area contributed by atoms with Gasteiger partial charge < -0.3 is 25.9 Å². The van der Waals surface area contributed by atoms with Crippen molar-refractivity contribution in [3.8, 4) is 28.6 Å². The third-order valence-corrected chi connectivity index (χ3v) is 7.31. The minimum absolute atomic E-state index is 0.0495. The van der Waals surface area contributed by atoms with Gasteiger partial charge in [0.15, 0.2) is 5.82 Å². The van der Waals surface area contributed by atoms with Crippen LogP contribution in [-0.2, 0) is 0 Å². The average Bonchev–Trinajstić information content (AvgIpc) is 3.78. The van der Waals surface area contributed by atoms with Crippen LogP contribution in [0.2, 0.25) is 0 Å². The molecule has 6 N–H and O–H groups in total. The van der Waals surface area contributed by atoms with E-state index in [2.05, 4.69) is 20.2 Å². The molecule has 6 heterocycles. The number of hydrogen-bond acceptors (Lipinski definition) is 7. The fourth-order valence-electron chi connectivity index (χ4n) is 5.29. The predicted octanol–water partition coefficient (Wildman–Crippen LogP) is 5.54. The van der Waals surface area contributed by atoms with E-state index >= 15 is 0 Å². The molecule has 43 heavy (non-hydrogen) atoms.